The zero-order valence-electron chi connectivity index (χ0n) is 14.1. The second kappa shape index (κ2) is 7.14. The van der Waals surface area contributed by atoms with E-state index in [0.717, 1.165) is 4.57 Å². The lowest BCUT2D eigenvalue weighted by molar-refractivity contribution is -0.154. The third kappa shape index (κ3) is 4.27. The molecule has 27 heavy (non-hydrogen) atoms. The number of alkyl halides is 3. The maximum atomic E-state index is 12.5. The summed E-state index contributed by atoms with van der Waals surface area (Å²) in [6.45, 7) is 0.222. The summed E-state index contributed by atoms with van der Waals surface area (Å²) in [7, 11) is 0. The summed E-state index contributed by atoms with van der Waals surface area (Å²) in [6.07, 6.45) is -3.15. The number of ether oxygens (including phenoxy) is 1. The summed E-state index contributed by atoms with van der Waals surface area (Å²) in [5.41, 5.74) is 0.921. The normalized spacial score (nSPS) is 12.7. The molecule has 2 aromatic heterocycles. The minimum Gasteiger partial charge on any atom is -0.468 e. The first-order valence-corrected chi connectivity index (χ1v) is 7.91. The van der Waals surface area contributed by atoms with Crippen LogP contribution in [0.25, 0.3) is 11.0 Å². The van der Waals surface area contributed by atoms with Gasteiger partial charge in [-0.15, -0.1) is 0 Å². The van der Waals surface area contributed by atoms with Gasteiger partial charge in [-0.3, -0.25) is 0 Å². The number of imidazole rings is 1. The average Bonchev–Trinajstić information content (AvgIpc) is 2.95. The molecular weight excluding hydrogens is 365 g/mol. The number of carbonyl (C=O) groups is 1. The standard InChI is InChI=1S/C17H15F3N4O3/c1-10(11-6-7-14(21-8-11)27-9-17(18,19)20)22-15(25)24-13-5-3-2-4-12(13)23-16(24)26/h2-8,10H,9H2,1H3,(H,22,25)(H,23,26). The van der Waals surface area contributed by atoms with E-state index in [1.807, 2.05) is 0 Å². The lowest BCUT2D eigenvalue weighted by atomic mass is 10.1. The molecule has 2 N–H and O–H groups in total. The predicted octanol–water partition coefficient (Wildman–Crippen LogP) is 2.98. The molecule has 1 atom stereocenters. The Morgan fingerprint density at radius 1 is 1.30 bits per heavy atom. The highest BCUT2D eigenvalue weighted by Gasteiger charge is 2.28. The van der Waals surface area contributed by atoms with Crippen LogP contribution in [0.2, 0.25) is 0 Å². The Kier molecular flexibility index (Phi) is 4.89. The number of para-hydroxylation sites is 2. The van der Waals surface area contributed by atoms with Crippen LogP contribution in [-0.2, 0) is 0 Å². The molecule has 1 aromatic carbocycles. The zero-order valence-corrected chi connectivity index (χ0v) is 14.1. The summed E-state index contributed by atoms with van der Waals surface area (Å²) in [4.78, 5) is 30.9. The molecule has 0 saturated carbocycles. The number of hydrogen-bond acceptors (Lipinski definition) is 4. The van der Waals surface area contributed by atoms with Crippen molar-refractivity contribution in [2.24, 2.45) is 0 Å². The Balaban J connectivity index is 1.71. The maximum Gasteiger partial charge on any atom is 0.422 e. The van der Waals surface area contributed by atoms with Gasteiger partial charge in [0.25, 0.3) is 0 Å². The molecule has 0 saturated heterocycles. The van der Waals surface area contributed by atoms with Gasteiger partial charge in [0.15, 0.2) is 6.61 Å². The Morgan fingerprint density at radius 3 is 2.70 bits per heavy atom. The van der Waals surface area contributed by atoms with E-state index in [1.165, 1.54) is 18.3 Å². The van der Waals surface area contributed by atoms with E-state index in [0.29, 0.717) is 16.6 Å². The molecule has 2 heterocycles. The van der Waals surface area contributed by atoms with Crippen LogP contribution in [0.15, 0.2) is 47.4 Å². The fourth-order valence-electron chi connectivity index (χ4n) is 2.48. The highest BCUT2D eigenvalue weighted by molar-refractivity contribution is 5.89. The summed E-state index contributed by atoms with van der Waals surface area (Å²) in [5.74, 6) is -0.178. The van der Waals surface area contributed by atoms with Crippen LogP contribution in [0.5, 0.6) is 5.88 Å². The number of pyridine rings is 1. The first-order valence-electron chi connectivity index (χ1n) is 7.91. The van der Waals surface area contributed by atoms with Crippen LogP contribution in [0.4, 0.5) is 18.0 Å². The van der Waals surface area contributed by atoms with Crippen molar-refractivity contribution in [2.45, 2.75) is 19.1 Å². The van der Waals surface area contributed by atoms with Crippen molar-refractivity contribution in [2.75, 3.05) is 6.61 Å². The Labute approximate surface area is 150 Å². The molecule has 0 aliphatic carbocycles. The third-order valence-electron chi connectivity index (χ3n) is 3.78. The molecule has 0 fully saturated rings. The molecule has 3 aromatic rings. The van der Waals surface area contributed by atoms with Crippen molar-refractivity contribution in [3.63, 3.8) is 0 Å². The number of rotatable bonds is 4. The second-order valence-electron chi connectivity index (χ2n) is 5.79. The quantitative estimate of drug-likeness (QED) is 0.728. The van der Waals surface area contributed by atoms with E-state index >= 15 is 0 Å². The summed E-state index contributed by atoms with van der Waals surface area (Å²) in [5, 5.41) is 2.65. The fraction of sp³-hybridized carbons (Fsp3) is 0.235. The van der Waals surface area contributed by atoms with E-state index < -0.39 is 30.5 Å². The average molecular weight is 380 g/mol. The number of halogens is 3. The highest BCUT2D eigenvalue weighted by Crippen LogP contribution is 2.19. The molecule has 1 unspecified atom stereocenters. The topological polar surface area (TPSA) is 89.0 Å². The zero-order chi connectivity index (χ0) is 19.6. The molecule has 0 spiro atoms. The van der Waals surface area contributed by atoms with Gasteiger partial charge in [-0.05, 0) is 24.6 Å². The minimum absolute atomic E-state index is 0.178. The fourth-order valence-corrected chi connectivity index (χ4v) is 2.48. The van der Waals surface area contributed by atoms with Gasteiger partial charge in [0.1, 0.15) is 0 Å². The number of carbonyl (C=O) groups excluding carboxylic acids is 1. The predicted molar refractivity (Wildman–Crippen MR) is 90.7 cm³/mol. The van der Waals surface area contributed by atoms with Crippen molar-refractivity contribution in [3.8, 4) is 5.88 Å². The molecule has 3 rings (SSSR count). The van der Waals surface area contributed by atoms with Gasteiger partial charge in [0.2, 0.25) is 5.88 Å². The molecule has 7 nitrogen and oxygen atoms in total. The Morgan fingerprint density at radius 2 is 2.04 bits per heavy atom. The number of benzene rings is 1. The number of H-pyrrole nitrogens is 1. The number of aromatic amines is 1. The largest absolute Gasteiger partial charge is 0.468 e. The maximum absolute atomic E-state index is 12.5. The van der Waals surface area contributed by atoms with Crippen LogP contribution in [-0.4, -0.2) is 33.3 Å². The molecule has 10 heteroatoms. The monoisotopic (exact) mass is 380 g/mol. The van der Waals surface area contributed by atoms with E-state index in [9.17, 15) is 22.8 Å². The van der Waals surface area contributed by atoms with Gasteiger partial charge in [0, 0.05) is 12.3 Å². The number of nitrogens with one attached hydrogen (secondary N) is 2. The van der Waals surface area contributed by atoms with Crippen LogP contribution >= 0.6 is 0 Å². The summed E-state index contributed by atoms with van der Waals surface area (Å²) < 4.78 is 41.9. The van der Waals surface area contributed by atoms with Crippen LogP contribution < -0.4 is 15.7 Å². The number of hydrogen-bond donors (Lipinski definition) is 2. The highest BCUT2D eigenvalue weighted by atomic mass is 19.4. The van der Waals surface area contributed by atoms with Crippen LogP contribution in [0, 0.1) is 0 Å². The summed E-state index contributed by atoms with van der Waals surface area (Å²) in [6, 6.07) is 8.33. The summed E-state index contributed by atoms with van der Waals surface area (Å²) >= 11 is 0. The van der Waals surface area contributed by atoms with Crippen molar-refractivity contribution in [1.29, 1.82) is 0 Å². The van der Waals surface area contributed by atoms with Gasteiger partial charge < -0.3 is 15.0 Å². The van der Waals surface area contributed by atoms with Crippen molar-refractivity contribution >= 4 is 17.1 Å². The SMILES string of the molecule is CC(NC(=O)n1c(=O)[nH]c2ccccc21)c1ccc(OCC(F)(F)F)nc1. The number of amides is 1. The Hall–Kier alpha value is -3.30. The molecule has 0 aliphatic heterocycles. The van der Waals surface area contributed by atoms with Gasteiger partial charge in [0.05, 0.1) is 17.1 Å². The van der Waals surface area contributed by atoms with E-state index in [2.05, 4.69) is 20.0 Å². The van der Waals surface area contributed by atoms with Crippen molar-refractivity contribution in [1.82, 2.24) is 19.9 Å². The van der Waals surface area contributed by atoms with Gasteiger partial charge in [-0.25, -0.2) is 19.1 Å². The molecule has 0 bridgehead atoms. The molecule has 142 valence electrons. The molecule has 0 aliphatic rings. The lowest BCUT2D eigenvalue weighted by Crippen LogP contribution is -2.36. The lowest BCUT2D eigenvalue weighted by Gasteiger charge is -2.15. The van der Waals surface area contributed by atoms with Gasteiger partial charge >= 0.3 is 17.9 Å². The number of fused-ring (bicyclic) bond motifs is 1. The molecular formula is C17H15F3N4O3. The second-order valence-corrected chi connectivity index (χ2v) is 5.79. The minimum atomic E-state index is -4.45. The first-order chi connectivity index (χ1) is 12.7. The van der Waals surface area contributed by atoms with E-state index in [1.54, 1.807) is 31.2 Å². The van der Waals surface area contributed by atoms with Crippen molar-refractivity contribution in [3.05, 3.63) is 58.6 Å². The van der Waals surface area contributed by atoms with Gasteiger partial charge in [-0.1, -0.05) is 18.2 Å². The molecule has 1 amide bonds. The van der Waals surface area contributed by atoms with Crippen molar-refractivity contribution < 1.29 is 22.7 Å². The van der Waals surface area contributed by atoms with Gasteiger partial charge in [-0.2, -0.15) is 13.2 Å². The number of nitrogens with zero attached hydrogens (tertiary/aromatic N) is 2. The number of aromatic nitrogens is 3. The van der Waals surface area contributed by atoms with Crippen LogP contribution in [0.1, 0.15) is 18.5 Å². The first kappa shape index (κ1) is 18.5. The third-order valence-corrected chi connectivity index (χ3v) is 3.78. The van der Waals surface area contributed by atoms with E-state index in [-0.39, 0.29) is 5.88 Å². The van der Waals surface area contributed by atoms with Crippen LogP contribution in [0.3, 0.4) is 0 Å². The molecule has 0 radical (unpaired) electrons. The van der Waals surface area contributed by atoms with E-state index in [4.69, 9.17) is 0 Å². The Bertz CT molecular complexity index is 1010. The smallest absolute Gasteiger partial charge is 0.422 e.